The van der Waals surface area contributed by atoms with Crippen molar-refractivity contribution < 1.29 is 30.0 Å². The standard InChI is InChI=1S/C32H36N2O6/c1-31(2)15-21(33-19-9-5-7-11-23(19)35)29(27(39)17-31)25(37)13-14-26(38)30-22(16-32(3,4)18-28(30)40)34-20-10-6-8-12-24(20)36/h5-12,35-38H,13-18H2,1-4H3. The van der Waals surface area contributed by atoms with Crippen LogP contribution in [0.4, 0.5) is 11.4 Å². The van der Waals surface area contributed by atoms with Crippen molar-refractivity contribution in [2.75, 3.05) is 0 Å². The monoisotopic (exact) mass is 544 g/mol. The molecule has 0 aliphatic heterocycles. The fraction of sp³-hybridized carbons (Fsp3) is 0.375. The minimum absolute atomic E-state index is 0.0398. The lowest BCUT2D eigenvalue weighted by Gasteiger charge is -2.32. The van der Waals surface area contributed by atoms with Gasteiger partial charge in [0.05, 0.1) is 22.6 Å². The van der Waals surface area contributed by atoms with Crippen molar-refractivity contribution in [3.63, 3.8) is 0 Å². The molecule has 2 fully saturated rings. The highest BCUT2D eigenvalue weighted by Gasteiger charge is 2.38. The number of benzene rings is 2. The lowest BCUT2D eigenvalue weighted by atomic mass is 9.72. The number of phenols is 2. The van der Waals surface area contributed by atoms with E-state index in [9.17, 15) is 30.0 Å². The molecule has 8 nitrogen and oxygen atoms in total. The average Bonchev–Trinajstić information content (AvgIpc) is 2.83. The van der Waals surface area contributed by atoms with Crippen LogP contribution in [-0.4, -0.2) is 43.4 Å². The van der Waals surface area contributed by atoms with Crippen LogP contribution in [0.15, 0.2) is 81.2 Å². The molecule has 0 spiro atoms. The van der Waals surface area contributed by atoms with Crippen LogP contribution in [0.25, 0.3) is 0 Å². The zero-order valence-corrected chi connectivity index (χ0v) is 23.4. The molecule has 2 saturated carbocycles. The lowest BCUT2D eigenvalue weighted by molar-refractivity contribution is -0.118. The van der Waals surface area contributed by atoms with E-state index in [2.05, 4.69) is 9.98 Å². The van der Waals surface area contributed by atoms with Crippen molar-refractivity contribution in [1.82, 2.24) is 0 Å². The van der Waals surface area contributed by atoms with Gasteiger partial charge in [-0.05, 0) is 47.9 Å². The fourth-order valence-electron chi connectivity index (χ4n) is 5.32. The van der Waals surface area contributed by atoms with Gasteiger partial charge in [0, 0.05) is 25.7 Å². The first kappa shape index (κ1) is 28.8. The van der Waals surface area contributed by atoms with Crippen molar-refractivity contribution in [2.45, 2.75) is 66.2 Å². The van der Waals surface area contributed by atoms with Crippen LogP contribution in [0.5, 0.6) is 11.5 Å². The quantitative estimate of drug-likeness (QED) is 0.233. The van der Waals surface area contributed by atoms with Gasteiger partial charge in [0.1, 0.15) is 34.4 Å². The van der Waals surface area contributed by atoms with E-state index < -0.39 is 0 Å². The average molecular weight is 545 g/mol. The van der Waals surface area contributed by atoms with Gasteiger partial charge in [-0.15, -0.1) is 0 Å². The number of nitrogens with zero attached hydrogens (tertiary/aromatic N) is 2. The molecule has 40 heavy (non-hydrogen) atoms. The maximum atomic E-state index is 13.2. The summed E-state index contributed by atoms with van der Waals surface area (Å²) in [6, 6.07) is 13.0. The number of rotatable bonds is 5. The van der Waals surface area contributed by atoms with Crippen molar-refractivity contribution in [3.05, 3.63) is 71.2 Å². The van der Waals surface area contributed by atoms with Gasteiger partial charge < -0.3 is 20.4 Å². The minimum atomic E-state index is -0.385. The van der Waals surface area contributed by atoms with E-state index in [1.54, 1.807) is 36.4 Å². The molecule has 0 aromatic heterocycles. The highest BCUT2D eigenvalue weighted by Crippen LogP contribution is 2.40. The molecule has 0 amide bonds. The predicted molar refractivity (Wildman–Crippen MR) is 155 cm³/mol. The molecular weight excluding hydrogens is 508 g/mol. The molecule has 2 aliphatic carbocycles. The van der Waals surface area contributed by atoms with E-state index in [1.807, 2.05) is 27.7 Å². The molecule has 0 radical (unpaired) electrons. The van der Waals surface area contributed by atoms with Crippen LogP contribution < -0.4 is 0 Å². The number of aliphatic imine (C=N–C) groups is 2. The minimum Gasteiger partial charge on any atom is -0.511 e. The molecule has 0 heterocycles. The van der Waals surface area contributed by atoms with Crippen LogP contribution in [0.1, 0.15) is 66.2 Å². The molecule has 2 aromatic rings. The molecule has 2 aliphatic rings. The Morgan fingerprint density at radius 3 is 1.35 bits per heavy atom. The Balaban J connectivity index is 1.70. The zero-order valence-electron chi connectivity index (χ0n) is 23.4. The molecular formula is C32H36N2O6. The summed E-state index contributed by atoms with van der Waals surface area (Å²) in [5.74, 6) is -1.09. The SMILES string of the molecule is CC1(C)CC(=O)C(=C(O)CCC(O)=C2C(=O)CC(C)(C)CC2=Nc2ccccc2O)C(=Nc2ccccc2O)C1. The molecule has 2 aromatic carbocycles. The van der Waals surface area contributed by atoms with Gasteiger partial charge in [-0.3, -0.25) is 9.59 Å². The molecule has 0 bridgehead atoms. The highest BCUT2D eigenvalue weighted by atomic mass is 16.3. The van der Waals surface area contributed by atoms with Crippen LogP contribution in [0.3, 0.4) is 0 Å². The maximum absolute atomic E-state index is 13.2. The number of hydrogen-bond donors (Lipinski definition) is 4. The molecule has 8 heteroatoms. The first-order valence-corrected chi connectivity index (χ1v) is 13.4. The topological polar surface area (TPSA) is 140 Å². The summed E-state index contributed by atoms with van der Waals surface area (Å²) in [6.07, 6.45) is 1.04. The van der Waals surface area contributed by atoms with Crippen molar-refractivity contribution in [3.8, 4) is 11.5 Å². The summed E-state index contributed by atoms with van der Waals surface area (Å²) in [6.45, 7) is 7.77. The van der Waals surface area contributed by atoms with Crippen molar-refractivity contribution in [1.29, 1.82) is 0 Å². The van der Waals surface area contributed by atoms with E-state index in [1.165, 1.54) is 12.1 Å². The summed E-state index contributed by atoms with van der Waals surface area (Å²) in [5.41, 5.74) is 0.708. The Labute approximate surface area is 234 Å². The number of carbonyl (C=O) groups is 2. The number of aliphatic hydroxyl groups is 2. The number of allylic oxidation sites excluding steroid dienone is 4. The Morgan fingerprint density at radius 2 is 1.00 bits per heavy atom. The zero-order chi connectivity index (χ0) is 29.2. The van der Waals surface area contributed by atoms with E-state index >= 15 is 0 Å². The smallest absolute Gasteiger partial charge is 0.168 e. The van der Waals surface area contributed by atoms with Gasteiger partial charge in [-0.2, -0.15) is 0 Å². The third kappa shape index (κ3) is 6.50. The van der Waals surface area contributed by atoms with Crippen molar-refractivity contribution in [2.24, 2.45) is 20.8 Å². The normalized spacial score (nSPS) is 23.4. The number of hydrogen-bond acceptors (Lipinski definition) is 8. The molecule has 0 saturated heterocycles. The Bertz CT molecular complexity index is 1360. The number of aromatic hydroxyl groups is 2. The highest BCUT2D eigenvalue weighted by molar-refractivity contribution is 6.26. The summed E-state index contributed by atoms with van der Waals surface area (Å²) >= 11 is 0. The van der Waals surface area contributed by atoms with Gasteiger partial charge in [-0.25, -0.2) is 9.98 Å². The number of para-hydroxylation sites is 4. The van der Waals surface area contributed by atoms with E-state index in [4.69, 9.17) is 0 Å². The predicted octanol–water partition coefficient (Wildman–Crippen LogP) is 7.13. The largest absolute Gasteiger partial charge is 0.511 e. The Morgan fingerprint density at radius 1 is 0.650 bits per heavy atom. The second-order valence-electron chi connectivity index (χ2n) is 12.1. The van der Waals surface area contributed by atoms with Gasteiger partial charge >= 0.3 is 0 Å². The van der Waals surface area contributed by atoms with Crippen molar-refractivity contribution >= 4 is 34.4 Å². The third-order valence-corrected chi connectivity index (χ3v) is 7.16. The van der Waals surface area contributed by atoms with E-state index in [-0.39, 0.29) is 82.2 Å². The summed E-state index contributed by atoms with van der Waals surface area (Å²) in [5, 5.41) is 42.6. The summed E-state index contributed by atoms with van der Waals surface area (Å²) in [4.78, 5) is 35.4. The van der Waals surface area contributed by atoms with Gasteiger partial charge in [0.15, 0.2) is 11.6 Å². The molecule has 4 rings (SSSR count). The second-order valence-corrected chi connectivity index (χ2v) is 12.1. The number of aliphatic hydroxyl groups excluding tert-OH is 2. The molecule has 0 unspecified atom stereocenters. The van der Waals surface area contributed by atoms with E-state index in [0.29, 0.717) is 35.6 Å². The Hall–Kier alpha value is -4.20. The van der Waals surface area contributed by atoms with Crippen LogP contribution in [0, 0.1) is 10.8 Å². The summed E-state index contributed by atoms with van der Waals surface area (Å²) in [7, 11) is 0. The fourth-order valence-corrected chi connectivity index (χ4v) is 5.32. The number of phenolic OH excluding ortho intramolecular Hbond substituents is 2. The number of ketones is 2. The molecule has 210 valence electrons. The van der Waals surface area contributed by atoms with Crippen LogP contribution in [-0.2, 0) is 9.59 Å². The number of carbonyl (C=O) groups excluding carboxylic acids is 2. The first-order chi connectivity index (χ1) is 18.8. The third-order valence-electron chi connectivity index (χ3n) is 7.16. The number of Topliss-reactive ketones (excluding diaryl/α,β-unsaturated/α-hetero) is 2. The van der Waals surface area contributed by atoms with Crippen LogP contribution >= 0.6 is 0 Å². The summed E-state index contributed by atoms with van der Waals surface area (Å²) < 4.78 is 0. The van der Waals surface area contributed by atoms with Crippen LogP contribution in [0.2, 0.25) is 0 Å². The maximum Gasteiger partial charge on any atom is 0.168 e. The van der Waals surface area contributed by atoms with Gasteiger partial charge in [-0.1, -0.05) is 52.0 Å². The molecule has 0 atom stereocenters. The second kappa shape index (κ2) is 11.1. The van der Waals surface area contributed by atoms with Gasteiger partial charge in [0.25, 0.3) is 0 Å². The van der Waals surface area contributed by atoms with Gasteiger partial charge in [0.2, 0.25) is 0 Å². The first-order valence-electron chi connectivity index (χ1n) is 13.4. The Kier molecular flexibility index (Phi) is 8.00. The van der Waals surface area contributed by atoms with E-state index in [0.717, 1.165) is 0 Å². The molecule has 4 N–H and O–H groups in total. The lowest BCUT2D eigenvalue weighted by Crippen LogP contribution is -2.33.